The fourth-order valence-electron chi connectivity index (χ4n) is 2.12. The Bertz CT molecular complexity index is 291. The second-order valence-electron chi connectivity index (χ2n) is 4.53. The van der Waals surface area contributed by atoms with Crippen LogP contribution < -0.4 is 5.32 Å². The van der Waals surface area contributed by atoms with E-state index in [2.05, 4.69) is 35.6 Å². The normalized spacial score (nSPS) is 27.1. The first-order valence-electron chi connectivity index (χ1n) is 5.72. The van der Waals surface area contributed by atoms with E-state index in [1.165, 1.54) is 18.4 Å². The molecule has 1 aromatic rings. The van der Waals surface area contributed by atoms with E-state index >= 15 is 0 Å². The molecule has 0 saturated heterocycles. The van der Waals surface area contributed by atoms with E-state index in [1.807, 2.05) is 6.92 Å². The molecule has 1 saturated carbocycles. The van der Waals surface area contributed by atoms with E-state index < -0.39 is 0 Å². The van der Waals surface area contributed by atoms with Crippen LogP contribution in [0.15, 0.2) is 30.3 Å². The zero-order valence-corrected chi connectivity index (χ0v) is 9.19. The molecule has 0 aromatic heterocycles. The van der Waals surface area contributed by atoms with Crippen molar-refractivity contribution in [2.75, 3.05) is 6.54 Å². The van der Waals surface area contributed by atoms with Gasteiger partial charge in [-0.3, -0.25) is 0 Å². The molecule has 1 fully saturated rings. The third-order valence-corrected chi connectivity index (χ3v) is 3.11. The van der Waals surface area contributed by atoms with Crippen LogP contribution in [0.3, 0.4) is 0 Å². The van der Waals surface area contributed by atoms with Crippen LogP contribution in [0.2, 0.25) is 0 Å². The van der Waals surface area contributed by atoms with Crippen molar-refractivity contribution in [2.24, 2.45) is 0 Å². The molecule has 2 heteroatoms. The summed E-state index contributed by atoms with van der Waals surface area (Å²) >= 11 is 0. The zero-order valence-electron chi connectivity index (χ0n) is 9.19. The van der Waals surface area contributed by atoms with Gasteiger partial charge < -0.3 is 10.4 Å². The van der Waals surface area contributed by atoms with Crippen LogP contribution in [-0.2, 0) is 0 Å². The van der Waals surface area contributed by atoms with Crippen molar-refractivity contribution in [1.82, 2.24) is 5.32 Å². The third-order valence-electron chi connectivity index (χ3n) is 3.11. The van der Waals surface area contributed by atoms with Gasteiger partial charge in [0.05, 0.1) is 6.10 Å². The van der Waals surface area contributed by atoms with Crippen molar-refractivity contribution in [1.29, 1.82) is 0 Å². The van der Waals surface area contributed by atoms with Crippen molar-refractivity contribution in [3.8, 4) is 0 Å². The summed E-state index contributed by atoms with van der Waals surface area (Å²) in [5.41, 5.74) is 1.45. The van der Waals surface area contributed by atoms with Crippen LogP contribution in [0.5, 0.6) is 0 Å². The first-order valence-corrected chi connectivity index (χ1v) is 5.72. The van der Waals surface area contributed by atoms with Gasteiger partial charge in [0, 0.05) is 12.6 Å². The minimum Gasteiger partial charge on any atom is -0.392 e. The van der Waals surface area contributed by atoms with Gasteiger partial charge in [-0.05, 0) is 31.2 Å². The first kappa shape index (κ1) is 10.7. The maximum Gasteiger partial charge on any atom is 0.0636 e. The summed E-state index contributed by atoms with van der Waals surface area (Å²) < 4.78 is 0. The highest BCUT2D eigenvalue weighted by atomic mass is 16.3. The van der Waals surface area contributed by atoms with Crippen molar-refractivity contribution >= 4 is 0 Å². The number of hydrogen-bond donors (Lipinski definition) is 2. The second kappa shape index (κ2) is 4.77. The fraction of sp³-hybridized carbons (Fsp3) is 0.538. The van der Waals surface area contributed by atoms with Crippen molar-refractivity contribution in [3.63, 3.8) is 0 Å². The number of hydrogen-bond acceptors (Lipinski definition) is 2. The van der Waals surface area contributed by atoms with E-state index in [4.69, 9.17) is 5.11 Å². The van der Waals surface area contributed by atoms with Gasteiger partial charge in [-0.15, -0.1) is 0 Å². The summed E-state index contributed by atoms with van der Waals surface area (Å²) in [7, 11) is 0. The molecule has 15 heavy (non-hydrogen) atoms. The summed E-state index contributed by atoms with van der Waals surface area (Å²) in [6.45, 7) is 2.53. The molecule has 1 aromatic carbocycles. The molecule has 1 unspecified atom stereocenters. The summed E-state index contributed by atoms with van der Waals surface area (Å²) in [6, 6.07) is 11.3. The number of nitrogens with one attached hydrogen (secondary N) is 1. The topological polar surface area (TPSA) is 32.3 Å². The zero-order chi connectivity index (χ0) is 10.7. The summed E-state index contributed by atoms with van der Waals surface area (Å²) in [5, 5.41) is 12.5. The summed E-state index contributed by atoms with van der Waals surface area (Å²) in [4.78, 5) is 0. The number of rotatable bonds is 4. The maximum atomic E-state index is 9.14. The van der Waals surface area contributed by atoms with Crippen LogP contribution in [-0.4, -0.2) is 23.8 Å². The van der Waals surface area contributed by atoms with E-state index in [1.54, 1.807) is 0 Å². The Kier molecular flexibility index (Phi) is 3.39. The third kappa shape index (κ3) is 2.80. The standard InChI is InChI=1S/C13H19NO/c1-10(15)9-14-13-7-12(8-13)11-5-3-2-4-6-11/h2-6,10,12-15H,7-9H2,1H3. The molecule has 1 atom stereocenters. The Morgan fingerprint density at radius 2 is 2.00 bits per heavy atom. The van der Waals surface area contributed by atoms with Gasteiger partial charge in [0.15, 0.2) is 0 Å². The molecule has 2 rings (SSSR count). The van der Waals surface area contributed by atoms with Gasteiger partial charge in [0.1, 0.15) is 0 Å². The molecule has 1 aliphatic carbocycles. The number of aliphatic hydroxyl groups excluding tert-OH is 1. The maximum absolute atomic E-state index is 9.14. The Morgan fingerprint density at radius 1 is 1.33 bits per heavy atom. The fourth-order valence-corrected chi connectivity index (χ4v) is 2.12. The molecule has 0 aliphatic heterocycles. The van der Waals surface area contributed by atoms with Crippen LogP contribution in [0.4, 0.5) is 0 Å². The van der Waals surface area contributed by atoms with Gasteiger partial charge in [-0.1, -0.05) is 30.3 Å². The molecule has 2 nitrogen and oxygen atoms in total. The predicted octanol–water partition coefficient (Wildman–Crippen LogP) is 1.90. The molecule has 0 spiro atoms. The monoisotopic (exact) mass is 205 g/mol. The number of benzene rings is 1. The molecule has 0 bridgehead atoms. The lowest BCUT2D eigenvalue weighted by Crippen LogP contribution is -2.42. The Labute approximate surface area is 91.3 Å². The largest absolute Gasteiger partial charge is 0.392 e. The molecule has 2 N–H and O–H groups in total. The number of aliphatic hydroxyl groups is 1. The van der Waals surface area contributed by atoms with Crippen LogP contribution in [0.1, 0.15) is 31.2 Å². The van der Waals surface area contributed by atoms with Crippen molar-refractivity contribution < 1.29 is 5.11 Å². The van der Waals surface area contributed by atoms with E-state index in [9.17, 15) is 0 Å². The molecule has 0 radical (unpaired) electrons. The van der Waals surface area contributed by atoms with Crippen LogP contribution in [0.25, 0.3) is 0 Å². The minimum atomic E-state index is -0.235. The second-order valence-corrected chi connectivity index (χ2v) is 4.53. The first-order chi connectivity index (χ1) is 7.25. The molecule has 82 valence electrons. The smallest absolute Gasteiger partial charge is 0.0636 e. The summed E-state index contributed by atoms with van der Waals surface area (Å²) in [6.07, 6.45) is 2.17. The summed E-state index contributed by atoms with van der Waals surface area (Å²) in [5.74, 6) is 0.720. The average Bonchev–Trinajstić information content (AvgIpc) is 2.16. The SMILES string of the molecule is CC(O)CNC1CC(c2ccccc2)C1. The molecule has 1 aliphatic rings. The predicted molar refractivity (Wildman–Crippen MR) is 61.9 cm³/mol. The Morgan fingerprint density at radius 3 is 2.60 bits per heavy atom. The van der Waals surface area contributed by atoms with Gasteiger partial charge in [-0.25, -0.2) is 0 Å². The van der Waals surface area contributed by atoms with Gasteiger partial charge >= 0.3 is 0 Å². The Balaban J connectivity index is 1.74. The highest BCUT2D eigenvalue weighted by Gasteiger charge is 2.29. The van der Waals surface area contributed by atoms with Crippen molar-refractivity contribution in [3.05, 3.63) is 35.9 Å². The van der Waals surface area contributed by atoms with E-state index in [0.717, 1.165) is 5.92 Å². The lowest BCUT2D eigenvalue weighted by molar-refractivity contribution is 0.171. The van der Waals surface area contributed by atoms with Gasteiger partial charge in [0.25, 0.3) is 0 Å². The average molecular weight is 205 g/mol. The molecule has 0 amide bonds. The highest BCUT2D eigenvalue weighted by Crippen LogP contribution is 2.36. The molecular formula is C13H19NO. The quantitative estimate of drug-likeness (QED) is 0.787. The lowest BCUT2D eigenvalue weighted by atomic mass is 9.76. The highest BCUT2D eigenvalue weighted by molar-refractivity contribution is 5.22. The lowest BCUT2D eigenvalue weighted by Gasteiger charge is -2.36. The van der Waals surface area contributed by atoms with Gasteiger partial charge in [-0.2, -0.15) is 0 Å². The van der Waals surface area contributed by atoms with Crippen LogP contribution >= 0.6 is 0 Å². The minimum absolute atomic E-state index is 0.235. The van der Waals surface area contributed by atoms with E-state index in [0.29, 0.717) is 12.6 Å². The van der Waals surface area contributed by atoms with Crippen molar-refractivity contribution in [2.45, 2.75) is 37.8 Å². The Hall–Kier alpha value is -0.860. The molecule has 0 heterocycles. The van der Waals surface area contributed by atoms with E-state index in [-0.39, 0.29) is 6.10 Å². The molecular weight excluding hydrogens is 186 g/mol. The van der Waals surface area contributed by atoms with Crippen LogP contribution in [0, 0.1) is 0 Å². The van der Waals surface area contributed by atoms with Gasteiger partial charge in [0.2, 0.25) is 0 Å².